The molecule has 0 unspecified atom stereocenters. The van der Waals surface area contributed by atoms with Crippen molar-refractivity contribution < 1.29 is 0 Å². The van der Waals surface area contributed by atoms with Crippen molar-refractivity contribution in [3.05, 3.63) is 54.7 Å². The predicted octanol–water partition coefficient (Wildman–Crippen LogP) is 3.15. The van der Waals surface area contributed by atoms with Crippen LogP contribution in [-0.4, -0.2) is 50.3 Å². The first-order valence-corrected chi connectivity index (χ1v) is 10.3. The number of nitrogens with zero attached hydrogens (tertiary/aromatic N) is 4. The summed E-state index contributed by atoms with van der Waals surface area (Å²) in [7, 11) is 0. The van der Waals surface area contributed by atoms with E-state index in [-0.39, 0.29) is 0 Å². The molecular weight excluding hydrogens is 376 g/mol. The Morgan fingerprint density at radius 3 is 2.80 bits per heavy atom. The summed E-state index contributed by atoms with van der Waals surface area (Å²) in [5.41, 5.74) is 4.98. The smallest absolute Gasteiger partial charge is 0.139 e. The molecule has 8 heteroatoms. The third kappa shape index (κ3) is 3.61. The standard InChI is InChI=1S/C22H26N8/c1-14-12-30(13-15(2)28-14)20-5-3-4-17(29-20)10-24-19-6-7-23-22-21(19)18(11-25-22)16-8-26-27-9-16/h3-9,11,14-15,28H,10,12-13H2,1-2H3,(H,26,27)(H2,23,24,25)/t14-,15+. The van der Waals surface area contributed by atoms with Crippen LogP contribution in [0.5, 0.6) is 0 Å². The number of hydrogen-bond acceptors (Lipinski definition) is 6. The van der Waals surface area contributed by atoms with Crippen LogP contribution in [0.15, 0.2) is 49.1 Å². The van der Waals surface area contributed by atoms with Crippen LogP contribution in [0, 0.1) is 0 Å². The van der Waals surface area contributed by atoms with Gasteiger partial charge in [-0.3, -0.25) is 5.10 Å². The second kappa shape index (κ2) is 7.79. The van der Waals surface area contributed by atoms with Crippen molar-refractivity contribution in [3.8, 4) is 11.1 Å². The van der Waals surface area contributed by atoms with Gasteiger partial charge < -0.3 is 20.5 Å². The van der Waals surface area contributed by atoms with Crippen LogP contribution in [0.4, 0.5) is 11.5 Å². The number of nitrogens with one attached hydrogen (secondary N) is 4. The zero-order chi connectivity index (χ0) is 20.5. The first kappa shape index (κ1) is 18.6. The van der Waals surface area contributed by atoms with Crippen molar-refractivity contribution >= 4 is 22.5 Å². The Morgan fingerprint density at radius 1 is 1.13 bits per heavy atom. The van der Waals surface area contributed by atoms with Gasteiger partial charge in [-0.25, -0.2) is 9.97 Å². The molecule has 1 aliphatic rings. The van der Waals surface area contributed by atoms with Crippen molar-refractivity contribution in [1.82, 2.24) is 30.5 Å². The number of rotatable bonds is 5. The van der Waals surface area contributed by atoms with E-state index in [1.807, 2.05) is 30.9 Å². The van der Waals surface area contributed by atoms with Crippen molar-refractivity contribution in [2.75, 3.05) is 23.3 Å². The monoisotopic (exact) mass is 402 g/mol. The molecule has 8 nitrogen and oxygen atoms in total. The highest BCUT2D eigenvalue weighted by Gasteiger charge is 2.22. The molecule has 1 fully saturated rings. The van der Waals surface area contributed by atoms with E-state index in [1.165, 1.54) is 0 Å². The molecular formula is C22H26N8. The highest BCUT2D eigenvalue weighted by Crippen LogP contribution is 2.32. The zero-order valence-electron chi connectivity index (χ0n) is 17.2. The first-order chi connectivity index (χ1) is 14.7. The molecule has 4 aromatic rings. The van der Waals surface area contributed by atoms with Gasteiger partial charge in [-0.2, -0.15) is 5.10 Å². The molecule has 0 spiro atoms. The lowest BCUT2D eigenvalue weighted by molar-refractivity contribution is 0.405. The largest absolute Gasteiger partial charge is 0.379 e. The van der Waals surface area contributed by atoms with Crippen LogP contribution in [0.1, 0.15) is 19.5 Å². The quantitative estimate of drug-likeness (QED) is 0.409. The summed E-state index contributed by atoms with van der Waals surface area (Å²) >= 11 is 0. The topological polar surface area (TPSA) is 97.5 Å². The fraction of sp³-hybridized carbons (Fsp3) is 0.318. The fourth-order valence-electron chi connectivity index (χ4n) is 4.27. The number of piperazine rings is 1. The average Bonchev–Trinajstić information content (AvgIpc) is 3.41. The van der Waals surface area contributed by atoms with Crippen molar-refractivity contribution in [1.29, 1.82) is 0 Å². The zero-order valence-corrected chi connectivity index (χ0v) is 17.2. The van der Waals surface area contributed by atoms with Crippen molar-refractivity contribution in [2.45, 2.75) is 32.5 Å². The molecule has 0 radical (unpaired) electrons. The maximum Gasteiger partial charge on any atom is 0.139 e. The molecule has 2 atom stereocenters. The second-order valence-corrected chi connectivity index (χ2v) is 7.99. The lowest BCUT2D eigenvalue weighted by atomic mass is 10.1. The molecule has 0 aliphatic carbocycles. The summed E-state index contributed by atoms with van der Waals surface area (Å²) < 4.78 is 0. The van der Waals surface area contributed by atoms with E-state index >= 15 is 0 Å². The molecule has 5 heterocycles. The number of aromatic amines is 2. The van der Waals surface area contributed by atoms with E-state index in [0.29, 0.717) is 18.6 Å². The van der Waals surface area contributed by atoms with E-state index in [9.17, 15) is 0 Å². The van der Waals surface area contributed by atoms with Crippen LogP contribution >= 0.6 is 0 Å². The maximum absolute atomic E-state index is 4.92. The lowest BCUT2D eigenvalue weighted by Crippen LogP contribution is -2.54. The van der Waals surface area contributed by atoms with Gasteiger partial charge in [0.1, 0.15) is 11.5 Å². The van der Waals surface area contributed by atoms with E-state index in [1.54, 1.807) is 0 Å². The van der Waals surface area contributed by atoms with Crippen molar-refractivity contribution in [2.24, 2.45) is 0 Å². The first-order valence-electron chi connectivity index (χ1n) is 10.3. The third-order valence-corrected chi connectivity index (χ3v) is 5.52. The molecule has 1 aliphatic heterocycles. The summed E-state index contributed by atoms with van der Waals surface area (Å²) in [6.07, 6.45) is 7.49. The van der Waals surface area contributed by atoms with E-state index < -0.39 is 0 Å². The summed E-state index contributed by atoms with van der Waals surface area (Å²) in [6, 6.07) is 9.17. The number of aromatic nitrogens is 5. The number of hydrogen-bond donors (Lipinski definition) is 4. The summed E-state index contributed by atoms with van der Waals surface area (Å²) in [4.78, 5) is 15.0. The third-order valence-electron chi connectivity index (χ3n) is 5.52. The number of pyridine rings is 2. The van der Waals surface area contributed by atoms with Crippen LogP contribution in [-0.2, 0) is 6.54 Å². The van der Waals surface area contributed by atoms with Crippen LogP contribution in [0.3, 0.4) is 0 Å². The number of H-pyrrole nitrogens is 2. The van der Waals surface area contributed by atoms with Gasteiger partial charge in [0.15, 0.2) is 0 Å². The molecule has 154 valence electrons. The molecule has 0 saturated carbocycles. The Bertz CT molecular complexity index is 1120. The Morgan fingerprint density at radius 2 is 2.00 bits per heavy atom. The molecule has 0 amide bonds. The minimum atomic E-state index is 0.456. The average molecular weight is 403 g/mol. The van der Waals surface area contributed by atoms with E-state index in [0.717, 1.165) is 52.4 Å². The van der Waals surface area contributed by atoms with Crippen molar-refractivity contribution in [3.63, 3.8) is 0 Å². The van der Waals surface area contributed by atoms with Gasteiger partial charge in [-0.15, -0.1) is 0 Å². The van der Waals surface area contributed by atoms with Gasteiger partial charge in [0.05, 0.1) is 18.4 Å². The fourth-order valence-corrected chi connectivity index (χ4v) is 4.27. The van der Waals surface area contributed by atoms with E-state index in [2.05, 4.69) is 67.7 Å². The molecule has 0 bridgehead atoms. The second-order valence-electron chi connectivity index (χ2n) is 7.99. The SMILES string of the molecule is C[C@@H]1CN(c2cccc(CNc3ccnc4[nH]cc(-c5cn[nH]c5)c34)n2)C[C@H](C)N1. The normalized spacial score (nSPS) is 19.3. The van der Waals surface area contributed by atoms with Gasteiger partial charge in [0.2, 0.25) is 0 Å². The molecule has 4 N–H and O–H groups in total. The van der Waals surface area contributed by atoms with Gasteiger partial charge in [0, 0.05) is 66.0 Å². The predicted molar refractivity (Wildman–Crippen MR) is 120 cm³/mol. The minimum absolute atomic E-state index is 0.456. The Labute approximate surface area is 175 Å². The molecule has 4 aromatic heterocycles. The molecule has 1 saturated heterocycles. The minimum Gasteiger partial charge on any atom is -0.379 e. The number of fused-ring (bicyclic) bond motifs is 1. The van der Waals surface area contributed by atoms with Gasteiger partial charge in [0.25, 0.3) is 0 Å². The Balaban J connectivity index is 1.38. The molecule has 5 rings (SSSR count). The van der Waals surface area contributed by atoms with Crippen LogP contribution in [0.2, 0.25) is 0 Å². The summed E-state index contributed by atoms with van der Waals surface area (Å²) in [5, 5.41) is 15.1. The highest BCUT2D eigenvalue weighted by atomic mass is 15.3. The summed E-state index contributed by atoms with van der Waals surface area (Å²) in [5.74, 6) is 1.04. The van der Waals surface area contributed by atoms with Crippen LogP contribution < -0.4 is 15.5 Å². The van der Waals surface area contributed by atoms with Gasteiger partial charge in [-0.1, -0.05) is 6.07 Å². The molecule has 30 heavy (non-hydrogen) atoms. The summed E-state index contributed by atoms with van der Waals surface area (Å²) in [6.45, 7) is 7.02. The van der Waals surface area contributed by atoms with Gasteiger partial charge >= 0.3 is 0 Å². The highest BCUT2D eigenvalue weighted by molar-refractivity contribution is 6.02. The lowest BCUT2D eigenvalue weighted by Gasteiger charge is -2.37. The number of anilines is 2. The maximum atomic E-state index is 4.92. The Hall–Kier alpha value is -3.39. The van der Waals surface area contributed by atoms with Gasteiger partial charge in [-0.05, 0) is 32.0 Å². The Kier molecular flexibility index (Phi) is 4.84. The van der Waals surface area contributed by atoms with Crippen LogP contribution in [0.25, 0.3) is 22.2 Å². The molecule has 0 aromatic carbocycles. The van der Waals surface area contributed by atoms with E-state index in [4.69, 9.17) is 4.98 Å².